The fourth-order valence-electron chi connectivity index (χ4n) is 2.67. The van der Waals surface area contributed by atoms with Crippen LogP contribution in [-0.2, 0) is 11.3 Å². The van der Waals surface area contributed by atoms with Crippen molar-refractivity contribution >= 4 is 0 Å². The minimum Gasteiger partial charge on any atom is -0.377 e. The van der Waals surface area contributed by atoms with Crippen LogP contribution in [0.4, 0.5) is 0 Å². The van der Waals surface area contributed by atoms with Gasteiger partial charge >= 0.3 is 0 Å². The highest BCUT2D eigenvalue weighted by molar-refractivity contribution is 5.27. The Hall–Kier alpha value is -0.860. The Kier molecular flexibility index (Phi) is 3.96. The fourth-order valence-corrected chi connectivity index (χ4v) is 2.67. The van der Waals surface area contributed by atoms with E-state index in [0.717, 1.165) is 25.6 Å². The van der Waals surface area contributed by atoms with Crippen molar-refractivity contribution in [3.8, 4) is 0 Å². The van der Waals surface area contributed by atoms with Gasteiger partial charge in [0.25, 0.3) is 0 Å². The van der Waals surface area contributed by atoms with Crippen molar-refractivity contribution in [1.82, 2.24) is 5.32 Å². The molecule has 0 aromatic heterocycles. The molecule has 1 N–H and O–H groups in total. The minimum atomic E-state index is 0.435. The minimum absolute atomic E-state index is 0.435. The van der Waals surface area contributed by atoms with Crippen LogP contribution in [0, 0.1) is 0 Å². The average Bonchev–Trinajstić information content (AvgIpc) is 3.25. The SMILES string of the molecule is c1cc(C2CC2)ccc1CNCC1CCCCO1. The van der Waals surface area contributed by atoms with Gasteiger partial charge in [-0.1, -0.05) is 24.3 Å². The third-order valence-electron chi connectivity index (χ3n) is 4.00. The summed E-state index contributed by atoms with van der Waals surface area (Å²) in [5, 5.41) is 3.51. The summed E-state index contributed by atoms with van der Waals surface area (Å²) >= 11 is 0. The molecule has 1 saturated carbocycles. The van der Waals surface area contributed by atoms with Gasteiger partial charge < -0.3 is 10.1 Å². The lowest BCUT2D eigenvalue weighted by atomic mass is 10.1. The third kappa shape index (κ3) is 3.33. The van der Waals surface area contributed by atoms with Crippen LogP contribution in [0.25, 0.3) is 0 Å². The van der Waals surface area contributed by atoms with Crippen molar-refractivity contribution in [1.29, 1.82) is 0 Å². The Morgan fingerprint density at radius 2 is 1.89 bits per heavy atom. The zero-order chi connectivity index (χ0) is 12.2. The quantitative estimate of drug-likeness (QED) is 0.860. The van der Waals surface area contributed by atoms with Crippen molar-refractivity contribution in [3.05, 3.63) is 35.4 Å². The van der Waals surface area contributed by atoms with Crippen molar-refractivity contribution < 1.29 is 4.74 Å². The monoisotopic (exact) mass is 245 g/mol. The fraction of sp³-hybridized carbons (Fsp3) is 0.625. The number of rotatable bonds is 5. The molecule has 0 radical (unpaired) electrons. The van der Waals surface area contributed by atoms with E-state index in [1.807, 2.05) is 0 Å². The smallest absolute Gasteiger partial charge is 0.0699 e. The number of benzene rings is 1. The van der Waals surface area contributed by atoms with Gasteiger partial charge in [0, 0.05) is 19.7 Å². The number of hydrogen-bond donors (Lipinski definition) is 1. The van der Waals surface area contributed by atoms with Crippen molar-refractivity contribution in [3.63, 3.8) is 0 Å². The molecule has 0 spiro atoms. The van der Waals surface area contributed by atoms with Crippen LogP contribution < -0.4 is 5.32 Å². The first kappa shape index (κ1) is 12.2. The summed E-state index contributed by atoms with van der Waals surface area (Å²) in [7, 11) is 0. The molecule has 98 valence electrons. The largest absolute Gasteiger partial charge is 0.377 e. The molecule has 2 aliphatic rings. The second-order valence-corrected chi connectivity index (χ2v) is 5.64. The summed E-state index contributed by atoms with van der Waals surface area (Å²) in [6, 6.07) is 9.13. The van der Waals surface area contributed by atoms with Gasteiger partial charge in [-0.2, -0.15) is 0 Å². The first-order chi connectivity index (χ1) is 8.92. The van der Waals surface area contributed by atoms with Crippen molar-refractivity contribution in [2.75, 3.05) is 13.2 Å². The zero-order valence-electron chi connectivity index (χ0n) is 11.0. The van der Waals surface area contributed by atoms with E-state index in [1.54, 1.807) is 0 Å². The summed E-state index contributed by atoms with van der Waals surface area (Å²) in [4.78, 5) is 0. The Labute approximate surface area is 110 Å². The molecule has 1 aliphatic heterocycles. The molecule has 1 saturated heterocycles. The van der Waals surface area contributed by atoms with E-state index >= 15 is 0 Å². The second kappa shape index (κ2) is 5.85. The summed E-state index contributed by atoms with van der Waals surface area (Å²) in [6.45, 7) is 2.90. The molecule has 1 aromatic rings. The van der Waals surface area contributed by atoms with E-state index in [4.69, 9.17) is 4.74 Å². The number of hydrogen-bond acceptors (Lipinski definition) is 2. The van der Waals surface area contributed by atoms with Gasteiger partial charge in [-0.05, 0) is 49.1 Å². The van der Waals surface area contributed by atoms with Gasteiger partial charge in [-0.25, -0.2) is 0 Å². The maximum Gasteiger partial charge on any atom is 0.0699 e. The molecule has 1 aliphatic carbocycles. The molecule has 0 bridgehead atoms. The first-order valence-electron chi connectivity index (χ1n) is 7.33. The lowest BCUT2D eigenvalue weighted by Gasteiger charge is -2.22. The summed E-state index contributed by atoms with van der Waals surface area (Å²) in [6.07, 6.45) is 6.98. The highest BCUT2D eigenvalue weighted by atomic mass is 16.5. The normalized spacial score (nSPS) is 24.1. The molecule has 0 amide bonds. The van der Waals surface area contributed by atoms with Crippen LogP contribution >= 0.6 is 0 Å². The Bertz CT molecular complexity index is 363. The number of ether oxygens (including phenoxy) is 1. The number of nitrogens with one attached hydrogen (secondary N) is 1. The van der Waals surface area contributed by atoms with Gasteiger partial charge in [0.1, 0.15) is 0 Å². The van der Waals surface area contributed by atoms with Gasteiger partial charge in [0.2, 0.25) is 0 Å². The molecule has 2 nitrogen and oxygen atoms in total. The van der Waals surface area contributed by atoms with E-state index in [0.29, 0.717) is 6.10 Å². The lowest BCUT2D eigenvalue weighted by molar-refractivity contribution is 0.0168. The maximum atomic E-state index is 5.71. The van der Waals surface area contributed by atoms with Crippen molar-refractivity contribution in [2.24, 2.45) is 0 Å². The van der Waals surface area contributed by atoms with E-state index < -0.39 is 0 Å². The molecular weight excluding hydrogens is 222 g/mol. The van der Waals surface area contributed by atoms with E-state index in [-0.39, 0.29) is 0 Å². The Balaban J connectivity index is 1.41. The standard InChI is InChI=1S/C16H23NO/c1-2-10-18-16(3-1)12-17-11-13-4-6-14(7-5-13)15-8-9-15/h4-7,15-17H,1-3,8-12H2. The topological polar surface area (TPSA) is 21.3 Å². The van der Waals surface area contributed by atoms with Gasteiger partial charge in [-0.3, -0.25) is 0 Å². The summed E-state index contributed by atoms with van der Waals surface area (Å²) in [5.41, 5.74) is 2.91. The Morgan fingerprint density at radius 1 is 1.06 bits per heavy atom. The highest BCUT2D eigenvalue weighted by Crippen LogP contribution is 2.39. The molecule has 1 atom stereocenters. The predicted octanol–water partition coefficient (Wildman–Crippen LogP) is 3.22. The first-order valence-corrected chi connectivity index (χ1v) is 7.33. The van der Waals surface area contributed by atoms with Crippen LogP contribution in [-0.4, -0.2) is 19.3 Å². The molecule has 1 aromatic carbocycles. The summed E-state index contributed by atoms with van der Waals surface area (Å²) in [5.74, 6) is 0.864. The van der Waals surface area contributed by atoms with Gasteiger partial charge in [0.15, 0.2) is 0 Å². The van der Waals surface area contributed by atoms with Crippen LogP contribution in [0.3, 0.4) is 0 Å². The van der Waals surface area contributed by atoms with Gasteiger partial charge in [-0.15, -0.1) is 0 Å². The molecule has 1 heterocycles. The Morgan fingerprint density at radius 3 is 2.56 bits per heavy atom. The molecule has 2 fully saturated rings. The van der Waals surface area contributed by atoms with Crippen LogP contribution in [0.1, 0.15) is 49.1 Å². The average molecular weight is 245 g/mol. The molecule has 1 unspecified atom stereocenters. The van der Waals surface area contributed by atoms with Crippen LogP contribution in [0.2, 0.25) is 0 Å². The summed E-state index contributed by atoms with van der Waals surface area (Å²) < 4.78 is 5.71. The van der Waals surface area contributed by atoms with E-state index in [9.17, 15) is 0 Å². The van der Waals surface area contributed by atoms with Gasteiger partial charge in [0.05, 0.1) is 6.10 Å². The predicted molar refractivity (Wildman–Crippen MR) is 73.7 cm³/mol. The maximum absolute atomic E-state index is 5.71. The van der Waals surface area contributed by atoms with Crippen LogP contribution in [0.5, 0.6) is 0 Å². The highest BCUT2D eigenvalue weighted by Gasteiger charge is 2.22. The van der Waals surface area contributed by atoms with Crippen molar-refractivity contribution in [2.45, 2.75) is 50.7 Å². The molecule has 2 heteroatoms. The lowest BCUT2D eigenvalue weighted by Crippen LogP contribution is -2.31. The third-order valence-corrected chi connectivity index (χ3v) is 4.00. The molecule has 3 rings (SSSR count). The van der Waals surface area contributed by atoms with E-state index in [2.05, 4.69) is 29.6 Å². The molecular formula is C16H23NO. The van der Waals surface area contributed by atoms with Crippen LogP contribution in [0.15, 0.2) is 24.3 Å². The zero-order valence-corrected chi connectivity index (χ0v) is 11.0. The molecule has 18 heavy (non-hydrogen) atoms. The second-order valence-electron chi connectivity index (χ2n) is 5.64. The van der Waals surface area contributed by atoms with E-state index in [1.165, 1.54) is 43.2 Å².